The molecular formula is C13H19N3O. The molecule has 92 valence electrons. The van der Waals surface area contributed by atoms with E-state index in [9.17, 15) is 0 Å². The van der Waals surface area contributed by atoms with Crippen LogP contribution in [0, 0.1) is 17.3 Å². The molecule has 0 spiro atoms. The molecule has 1 aromatic heterocycles. The molecule has 0 aromatic carbocycles. The lowest BCUT2D eigenvalue weighted by molar-refractivity contribution is -0.0708. The molecule has 4 heteroatoms. The Balaban J connectivity index is 1.79. The Morgan fingerprint density at radius 2 is 1.88 bits per heavy atom. The lowest BCUT2D eigenvalue weighted by atomic mass is 9.44. The zero-order chi connectivity index (χ0) is 11.7. The van der Waals surface area contributed by atoms with Crippen molar-refractivity contribution in [2.24, 2.45) is 17.3 Å². The minimum absolute atomic E-state index is 0.156. The van der Waals surface area contributed by atoms with Gasteiger partial charge in [-0.3, -0.25) is 0 Å². The molecule has 2 unspecified atom stereocenters. The van der Waals surface area contributed by atoms with Gasteiger partial charge in [0.05, 0.1) is 0 Å². The van der Waals surface area contributed by atoms with E-state index in [-0.39, 0.29) is 11.4 Å². The average Bonchev–Trinajstić information content (AvgIpc) is 2.61. The highest BCUT2D eigenvalue weighted by atomic mass is 16.4. The van der Waals surface area contributed by atoms with Gasteiger partial charge in [0.2, 0.25) is 5.89 Å². The summed E-state index contributed by atoms with van der Waals surface area (Å²) in [5.74, 6) is 2.55. The summed E-state index contributed by atoms with van der Waals surface area (Å²) in [4.78, 5) is 0. The number of nitrogen functional groups attached to an aromatic ring is 1. The summed E-state index contributed by atoms with van der Waals surface area (Å²) in [6.45, 7) is 2.44. The third-order valence-corrected chi connectivity index (χ3v) is 5.25. The van der Waals surface area contributed by atoms with Gasteiger partial charge in [-0.05, 0) is 55.8 Å². The zero-order valence-electron chi connectivity index (χ0n) is 10.3. The maximum Gasteiger partial charge on any atom is 0.312 e. The van der Waals surface area contributed by atoms with E-state index >= 15 is 0 Å². The summed E-state index contributed by atoms with van der Waals surface area (Å²) in [5.41, 5.74) is 6.25. The molecule has 5 rings (SSSR count). The summed E-state index contributed by atoms with van der Waals surface area (Å²) in [5, 5.41) is 8.05. The van der Waals surface area contributed by atoms with Crippen LogP contribution in [0.15, 0.2) is 4.42 Å². The molecule has 0 aliphatic heterocycles. The Labute approximate surface area is 101 Å². The van der Waals surface area contributed by atoms with E-state index in [2.05, 4.69) is 17.1 Å². The molecule has 4 saturated carbocycles. The normalized spacial score (nSPS) is 47.6. The van der Waals surface area contributed by atoms with Crippen molar-refractivity contribution in [3.63, 3.8) is 0 Å². The smallest absolute Gasteiger partial charge is 0.312 e. The fraction of sp³-hybridized carbons (Fsp3) is 0.846. The summed E-state index contributed by atoms with van der Waals surface area (Å²) < 4.78 is 5.57. The van der Waals surface area contributed by atoms with Gasteiger partial charge in [-0.2, -0.15) is 0 Å². The van der Waals surface area contributed by atoms with E-state index in [1.54, 1.807) is 0 Å². The second-order valence-electron chi connectivity index (χ2n) is 7.00. The van der Waals surface area contributed by atoms with Crippen molar-refractivity contribution in [1.29, 1.82) is 0 Å². The highest BCUT2D eigenvalue weighted by Crippen LogP contribution is 2.65. The second kappa shape index (κ2) is 2.85. The lowest BCUT2D eigenvalue weighted by Gasteiger charge is -2.59. The number of nitrogens with two attached hydrogens (primary N) is 1. The van der Waals surface area contributed by atoms with Crippen LogP contribution in [0.4, 0.5) is 6.01 Å². The van der Waals surface area contributed by atoms with Crippen LogP contribution in [0.25, 0.3) is 0 Å². The highest BCUT2D eigenvalue weighted by molar-refractivity contribution is 5.19. The summed E-state index contributed by atoms with van der Waals surface area (Å²) in [7, 11) is 0. The number of hydrogen-bond acceptors (Lipinski definition) is 4. The molecule has 17 heavy (non-hydrogen) atoms. The fourth-order valence-corrected chi connectivity index (χ4v) is 5.42. The van der Waals surface area contributed by atoms with E-state index in [0.717, 1.165) is 17.7 Å². The van der Waals surface area contributed by atoms with Gasteiger partial charge in [0.1, 0.15) is 0 Å². The first kappa shape index (κ1) is 9.92. The quantitative estimate of drug-likeness (QED) is 0.809. The summed E-state index contributed by atoms with van der Waals surface area (Å²) in [6, 6.07) is 0.223. The van der Waals surface area contributed by atoms with Crippen LogP contribution in [-0.2, 0) is 5.41 Å². The van der Waals surface area contributed by atoms with Crippen molar-refractivity contribution in [3.8, 4) is 0 Å². The van der Waals surface area contributed by atoms with Crippen LogP contribution >= 0.6 is 0 Å². The van der Waals surface area contributed by atoms with Gasteiger partial charge in [0.25, 0.3) is 0 Å². The predicted octanol–water partition coefficient (Wildman–Crippen LogP) is 2.51. The van der Waals surface area contributed by atoms with Crippen molar-refractivity contribution < 1.29 is 4.42 Å². The first-order valence-electron chi connectivity index (χ1n) is 6.66. The van der Waals surface area contributed by atoms with Crippen molar-refractivity contribution in [1.82, 2.24) is 10.2 Å². The number of aromatic nitrogens is 2. The molecule has 4 bridgehead atoms. The largest absolute Gasteiger partial charge is 0.408 e. The number of anilines is 1. The fourth-order valence-electron chi connectivity index (χ4n) is 5.42. The molecule has 1 aromatic rings. The molecule has 4 fully saturated rings. The standard InChI is InChI=1S/C13H19N3O/c1-12-3-8-2-9(4-12)6-13(5-8,7-12)10-15-16-11(14)17-10/h8-9H,2-7H2,1H3,(H2,14,16). The minimum Gasteiger partial charge on any atom is -0.408 e. The molecular weight excluding hydrogens is 214 g/mol. The Bertz CT molecular complexity index is 453. The zero-order valence-corrected chi connectivity index (χ0v) is 10.3. The third kappa shape index (κ3) is 1.30. The van der Waals surface area contributed by atoms with E-state index in [0.29, 0.717) is 5.41 Å². The molecule has 4 nitrogen and oxygen atoms in total. The first-order valence-corrected chi connectivity index (χ1v) is 6.66. The van der Waals surface area contributed by atoms with E-state index in [4.69, 9.17) is 10.2 Å². The molecule has 4 aliphatic rings. The van der Waals surface area contributed by atoms with Crippen LogP contribution in [-0.4, -0.2) is 10.2 Å². The van der Waals surface area contributed by atoms with Crippen LogP contribution in [0.2, 0.25) is 0 Å². The third-order valence-electron chi connectivity index (χ3n) is 5.25. The van der Waals surface area contributed by atoms with Gasteiger partial charge >= 0.3 is 6.01 Å². The number of hydrogen-bond donors (Lipinski definition) is 1. The number of rotatable bonds is 1. The summed E-state index contributed by atoms with van der Waals surface area (Å²) in [6.07, 6.45) is 7.90. The predicted molar refractivity (Wildman–Crippen MR) is 63.2 cm³/mol. The van der Waals surface area contributed by atoms with Crippen molar-refractivity contribution in [2.45, 2.75) is 50.9 Å². The van der Waals surface area contributed by atoms with Crippen molar-refractivity contribution in [2.75, 3.05) is 5.73 Å². The van der Waals surface area contributed by atoms with Gasteiger partial charge in [-0.15, -0.1) is 5.10 Å². The van der Waals surface area contributed by atoms with Crippen LogP contribution < -0.4 is 5.73 Å². The number of nitrogens with zero attached hydrogens (tertiary/aromatic N) is 2. The first-order chi connectivity index (χ1) is 8.07. The van der Waals surface area contributed by atoms with Crippen molar-refractivity contribution in [3.05, 3.63) is 5.89 Å². The topological polar surface area (TPSA) is 64.9 Å². The van der Waals surface area contributed by atoms with Gasteiger partial charge < -0.3 is 10.2 Å². The van der Waals surface area contributed by atoms with Crippen LogP contribution in [0.5, 0.6) is 0 Å². The maximum absolute atomic E-state index is 5.59. The van der Waals surface area contributed by atoms with Gasteiger partial charge in [0, 0.05) is 5.41 Å². The second-order valence-corrected chi connectivity index (χ2v) is 7.00. The van der Waals surface area contributed by atoms with Gasteiger partial charge in [-0.1, -0.05) is 12.0 Å². The molecule has 0 saturated heterocycles. The monoisotopic (exact) mass is 233 g/mol. The van der Waals surface area contributed by atoms with E-state index < -0.39 is 0 Å². The van der Waals surface area contributed by atoms with Crippen LogP contribution in [0.3, 0.4) is 0 Å². The SMILES string of the molecule is CC12CC3CC(C1)CC(c1nnc(N)o1)(C3)C2. The summed E-state index contributed by atoms with van der Waals surface area (Å²) >= 11 is 0. The lowest BCUT2D eigenvalue weighted by Crippen LogP contribution is -2.53. The molecule has 2 N–H and O–H groups in total. The van der Waals surface area contributed by atoms with E-state index in [1.807, 2.05) is 0 Å². The molecule has 4 aliphatic carbocycles. The molecule has 1 heterocycles. The van der Waals surface area contributed by atoms with Gasteiger partial charge in [-0.25, -0.2) is 0 Å². The minimum atomic E-state index is 0.156. The Morgan fingerprint density at radius 1 is 1.18 bits per heavy atom. The highest BCUT2D eigenvalue weighted by Gasteiger charge is 2.58. The Morgan fingerprint density at radius 3 is 2.41 bits per heavy atom. The van der Waals surface area contributed by atoms with Crippen molar-refractivity contribution >= 4 is 6.01 Å². The Kier molecular flexibility index (Phi) is 1.66. The maximum atomic E-state index is 5.59. The van der Waals surface area contributed by atoms with Crippen LogP contribution in [0.1, 0.15) is 51.3 Å². The molecule has 2 atom stereocenters. The Hall–Kier alpha value is -1.06. The average molecular weight is 233 g/mol. The molecule has 0 radical (unpaired) electrons. The van der Waals surface area contributed by atoms with Gasteiger partial charge in [0.15, 0.2) is 0 Å². The molecule has 0 amide bonds. The van der Waals surface area contributed by atoms with E-state index in [1.165, 1.54) is 38.5 Å².